The molecule has 3 N–H and O–H groups in total. The smallest absolute Gasteiger partial charge is 0.255 e. The Hall–Kier alpha value is -3.42. The maximum absolute atomic E-state index is 12.4. The zero-order chi connectivity index (χ0) is 20.5. The van der Waals surface area contributed by atoms with Crippen molar-refractivity contribution >= 4 is 23.0 Å². The molecular weight excluding hydrogens is 370 g/mol. The van der Waals surface area contributed by atoms with Crippen LogP contribution in [0.15, 0.2) is 30.6 Å². The Balaban J connectivity index is 1.55. The Morgan fingerprint density at radius 2 is 2.03 bits per heavy atom. The molecule has 1 aliphatic rings. The lowest BCUT2D eigenvalue weighted by atomic mass is 10.1. The lowest BCUT2D eigenvalue weighted by Gasteiger charge is -2.09. The fourth-order valence-electron chi connectivity index (χ4n) is 3.61. The van der Waals surface area contributed by atoms with Gasteiger partial charge < -0.3 is 20.4 Å². The average Bonchev–Trinajstić information content (AvgIpc) is 3.23. The Morgan fingerprint density at radius 3 is 2.79 bits per heavy atom. The molecule has 2 aromatic heterocycles. The highest BCUT2D eigenvalue weighted by molar-refractivity contribution is 6.04. The Kier molecular flexibility index (Phi) is 4.92. The number of nitrogens with zero attached hydrogens (tertiary/aromatic N) is 2. The van der Waals surface area contributed by atoms with Crippen molar-refractivity contribution in [1.29, 1.82) is 0 Å². The van der Waals surface area contributed by atoms with Crippen molar-refractivity contribution in [2.45, 2.75) is 45.7 Å². The van der Waals surface area contributed by atoms with Crippen LogP contribution in [-0.4, -0.2) is 38.8 Å². The van der Waals surface area contributed by atoms with Gasteiger partial charge in [0.1, 0.15) is 11.3 Å². The lowest BCUT2D eigenvalue weighted by Crippen LogP contribution is -2.33. The fraction of sp³-hybridized carbons (Fsp3) is 0.333. The molecule has 1 aromatic carbocycles. The van der Waals surface area contributed by atoms with Crippen LogP contribution in [0.3, 0.4) is 0 Å². The molecule has 2 amide bonds. The van der Waals surface area contributed by atoms with E-state index in [0.717, 1.165) is 18.4 Å². The number of amides is 2. The Bertz CT molecular complexity index is 1090. The van der Waals surface area contributed by atoms with Gasteiger partial charge in [0.15, 0.2) is 5.65 Å². The van der Waals surface area contributed by atoms with Crippen LogP contribution in [0.2, 0.25) is 0 Å². The van der Waals surface area contributed by atoms with Gasteiger partial charge in [-0.1, -0.05) is 6.07 Å². The number of ether oxygens (including phenoxy) is 1. The number of nitrogens with one attached hydrogen (secondary N) is 3. The number of carbonyl (C=O) groups excluding carboxylic acids is 2. The average molecular weight is 393 g/mol. The Morgan fingerprint density at radius 1 is 1.24 bits per heavy atom. The normalized spacial score (nSPS) is 15.4. The molecule has 0 saturated carbocycles. The number of aromatic nitrogens is 3. The predicted octanol–water partition coefficient (Wildman–Crippen LogP) is 2.49. The molecule has 0 fully saturated rings. The molecule has 0 saturated heterocycles. The highest BCUT2D eigenvalue weighted by atomic mass is 16.5. The summed E-state index contributed by atoms with van der Waals surface area (Å²) in [6.45, 7) is 5.33. The number of aromatic amines is 1. The molecular formula is C21H23N5O3. The summed E-state index contributed by atoms with van der Waals surface area (Å²) in [7, 11) is 0. The van der Waals surface area contributed by atoms with Crippen LogP contribution >= 0.6 is 0 Å². The number of H-pyrrole nitrogens is 1. The maximum Gasteiger partial charge on any atom is 0.255 e. The van der Waals surface area contributed by atoms with E-state index in [1.54, 1.807) is 6.20 Å². The fourth-order valence-corrected chi connectivity index (χ4v) is 3.61. The monoisotopic (exact) mass is 393 g/mol. The zero-order valence-electron chi connectivity index (χ0n) is 16.6. The highest BCUT2D eigenvalue weighted by Gasteiger charge is 2.22. The summed E-state index contributed by atoms with van der Waals surface area (Å²) in [5, 5.41) is 5.82. The van der Waals surface area contributed by atoms with Crippen molar-refractivity contribution in [1.82, 2.24) is 25.6 Å². The van der Waals surface area contributed by atoms with Crippen molar-refractivity contribution in [2.24, 2.45) is 0 Å². The van der Waals surface area contributed by atoms with Crippen LogP contribution in [0.25, 0.3) is 11.2 Å². The van der Waals surface area contributed by atoms with Gasteiger partial charge in [-0.2, -0.15) is 0 Å². The van der Waals surface area contributed by atoms with Crippen LogP contribution in [-0.2, 0) is 17.6 Å². The third-order valence-electron chi connectivity index (χ3n) is 4.76. The molecule has 8 nitrogen and oxygen atoms in total. The van der Waals surface area contributed by atoms with Crippen molar-refractivity contribution in [3.05, 3.63) is 47.3 Å². The molecule has 1 aliphatic carbocycles. The van der Waals surface area contributed by atoms with Gasteiger partial charge in [-0.05, 0) is 49.9 Å². The largest absolute Gasteiger partial charge is 0.437 e. The van der Waals surface area contributed by atoms with Gasteiger partial charge in [-0.3, -0.25) is 9.59 Å². The van der Waals surface area contributed by atoms with Crippen molar-refractivity contribution in [2.75, 3.05) is 0 Å². The molecule has 8 heteroatoms. The minimum atomic E-state index is -0.209. The molecule has 2 heterocycles. The van der Waals surface area contributed by atoms with Crippen LogP contribution in [0, 0.1) is 0 Å². The minimum Gasteiger partial charge on any atom is -0.437 e. The number of carbonyl (C=O) groups is 2. The van der Waals surface area contributed by atoms with E-state index in [9.17, 15) is 9.59 Å². The third-order valence-corrected chi connectivity index (χ3v) is 4.76. The topological polar surface area (TPSA) is 109 Å². The van der Waals surface area contributed by atoms with Gasteiger partial charge in [-0.15, -0.1) is 0 Å². The number of hydrogen-bond acceptors (Lipinski definition) is 5. The molecule has 29 heavy (non-hydrogen) atoms. The summed E-state index contributed by atoms with van der Waals surface area (Å²) in [5.74, 6) is 0.725. The molecule has 0 bridgehead atoms. The molecule has 4 rings (SSSR count). The Labute approximate surface area is 168 Å². The van der Waals surface area contributed by atoms with Crippen LogP contribution in [0.1, 0.15) is 42.3 Å². The number of fused-ring (bicyclic) bond motifs is 2. The van der Waals surface area contributed by atoms with Crippen LogP contribution < -0.4 is 15.4 Å². The molecule has 1 atom stereocenters. The maximum atomic E-state index is 12.4. The first-order valence-corrected chi connectivity index (χ1v) is 9.61. The second kappa shape index (κ2) is 7.54. The summed E-state index contributed by atoms with van der Waals surface area (Å²) in [5.41, 5.74) is 3.77. The van der Waals surface area contributed by atoms with Gasteiger partial charge >= 0.3 is 0 Å². The van der Waals surface area contributed by atoms with E-state index < -0.39 is 0 Å². The van der Waals surface area contributed by atoms with Crippen molar-refractivity contribution in [3.8, 4) is 11.6 Å². The number of hydrogen-bond donors (Lipinski definition) is 3. The van der Waals surface area contributed by atoms with Gasteiger partial charge in [0.05, 0.1) is 11.8 Å². The van der Waals surface area contributed by atoms with E-state index in [4.69, 9.17) is 4.74 Å². The number of benzene rings is 1. The first-order chi connectivity index (χ1) is 13.9. The first kappa shape index (κ1) is 18.9. The summed E-state index contributed by atoms with van der Waals surface area (Å²) in [6, 6.07) is 6.00. The van der Waals surface area contributed by atoms with E-state index in [-0.39, 0.29) is 23.9 Å². The summed E-state index contributed by atoms with van der Waals surface area (Å²) in [6.07, 6.45) is 4.72. The van der Waals surface area contributed by atoms with Crippen LogP contribution in [0.4, 0.5) is 0 Å². The summed E-state index contributed by atoms with van der Waals surface area (Å²) >= 11 is 0. The second-order valence-corrected chi connectivity index (χ2v) is 7.57. The molecule has 3 aromatic rings. The molecule has 0 aliphatic heterocycles. The number of rotatable bonds is 5. The van der Waals surface area contributed by atoms with E-state index in [1.165, 1.54) is 18.7 Å². The van der Waals surface area contributed by atoms with E-state index in [0.29, 0.717) is 28.4 Å². The van der Waals surface area contributed by atoms with E-state index >= 15 is 0 Å². The SMILES string of the molecule is CC(=O)NC1Cc2ccc(Oc3cnc4[nH]cc(C(=O)NC(C)C)c4n3)cc2C1. The van der Waals surface area contributed by atoms with Gasteiger partial charge in [-0.25, -0.2) is 9.97 Å². The highest BCUT2D eigenvalue weighted by Crippen LogP contribution is 2.29. The minimum absolute atomic E-state index is 0.0209. The summed E-state index contributed by atoms with van der Waals surface area (Å²) in [4.78, 5) is 35.4. The van der Waals surface area contributed by atoms with Crippen molar-refractivity contribution in [3.63, 3.8) is 0 Å². The second-order valence-electron chi connectivity index (χ2n) is 7.57. The lowest BCUT2D eigenvalue weighted by molar-refractivity contribution is -0.119. The van der Waals surface area contributed by atoms with E-state index in [1.807, 2.05) is 32.0 Å². The first-order valence-electron chi connectivity index (χ1n) is 9.61. The standard InChI is InChI=1S/C21H23N5O3/c1-11(2)24-21(28)17-9-22-20-19(17)26-18(10-23-20)29-16-5-4-13-6-15(25-12(3)27)7-14(13)8-16/h4-5,8-11,15H,6-7H2,1-3H3,(H,22,23)(H,24,28)(H,25,27). The molecule has 0 radical (unpaired) electrons. The van der Waals surface area contributed by atoms with E-state index in [2.05, 4.69) is 25.6 Å². The third kappa shape index (κ3) is 4.06. The van der Waals surface area contributed by atoms with Gasteiger partial charge in [0.2, 0.25) is 11.8 Å². The predicted molar refractivity (Wildman–Crippen MR) is 108 cm³/mol. The molecule has 0 spiro atoms. The quantitative estimate of drug-likeness (QED) is 0.617. The summed E-state index contributed by atoms with van der Waals surface area (Å²) < 4.78 is 5.91. The molecule has 150 valence electrons. The van der Waals surface area contributed by atoms with Gasteiger partial charge in [0, 0.05) is 25.2 Å². The van der Waals surface area contributed by atoms with Gasteiger partial charge in [0.25, 0.3) is 5.91 Å². The van der Waals surface area contributed by atoms with Crippen LogP contribution in [0.5, 0.6) is 11.6 Å². The zero-order valence-corrected chi connectivity index (χ0v) is 16.6. The molecule has 1 unspecified atom stereocenters. The van der Waals surface area contributed by atoms with Crippen molar-refractivity contribution < 1.29 is 14.3 Å².